The van der Waals surface area contributed by atoms with Gasteiger partial charge in [-0.1, -0.05) is 12.1 Å². The third-order valence-corrected chi connectivity index (χ3v) is 3.33. The van der Waals surface area contributed by atoms with Crippen LogP contribution < -0.4 is 5.73 Å². The van der Waals surface area contributed by atoms with Crippen molar-refractivity contribution in [1.82, 2.24) is 4.90 Å². The maximum absolute atomic E-state index is 12.0. The van der Waals surface area contributed by atoms with Gasteiger partial charge >= 0.3 is 0 Å². The second-order valence-electron chi connectivity index (χ2n) is 5.65. The highest BCUT2D eigenvalue weighted by Crippen LogP contribution is 2.34. The summed E-state index contributed by atoms with van der Waals surface area (Å²) in [6.07, 6.45) is 0.645. The van der Waals surface area contributed by atoms with Crippen molar-refractivity contribution in [3.8, 4) is 0 Å². The Morgan fingerprint density at radius 3 is 2.35 bits per heavy atom. The highest BCUT2D eigenvalue weighted by molar-refractivity contribution is 5.87. The van der Waals surface area contributed by atoms with Crippen LogP contribution in [-0.4, -0.2) is 22.8 Å². The lowest BCUT2D eigenvalue weighted by molar-refractivity contribution is -0.120. The lowest BCUT2D eigenvalue weighted by atomic mass is 9.98. The molecule has 0 radical (unpaired) electrons. The van der Waals surface area contributed by atoms with Crippen molar-refractivity contribution >= 4 is 11.5 Å². The molecular formula is C14H20N2O. The monoisotopic (exact) mass is 232 g/mol. The second kappa shape index (κ2) is 4.15. The number of likely N-dealkylation sites (tertiary alicyclic amines) is 1. The molecule has 1 heterocycles. The number of nitrogens with two attached hydrogens (primary N) is 1. The van der Waals surface area contributed by atoms with E-state index in [9.17, 15) is 4.79 Å². The van der Waals surface area contributed by atoms with Gasteiger partial charge in [0.2, 0.25) is 0 Å². The molecule has 0 spiro atoms. The van der Waals surface area contributed by atoms with Crippen molar-refractivity contribution in [3.05, 3.63) is 29.8 Å². The minimum atomic E-state index is -0.101. The van der Waals surface area contributed by atoms with Crippen molar-refractivity contribution in [2.24, 2.45) is 0 Å². The number of benzene rings is 1. The fraction of sp³-hybridized carbons (Fsp3) is 0.500. The van der Waals surface area contributed by atoms with Gasteiger partial charge in [-0.2, -0.15) is 0 Å². The summed E-state index contributed by atoms with van der Waals surface area (Å²) in [5.74, 6) is 0.310. The summed E-state index contributed by atoms with van der Waals surface area (Å²) in [6, 6.07) is 7.54. The summed E-state index contributed by atoms with van der Waals surface area (Å²) in [4.78, 5) is 14.3. The lowest BCUT2D eigenvalue weighted by Crippen LogP contribution is -2.41. The van der Waals surface area contributed by atoms with Crippen LogP contribution in [0.3, 0.4) is 0 Å². The molecular weight excluding hydrogens is 212 g/mol. The molecule has 1 atom stereocenters. The quantitative estimate of drug-likeness (QED) is 0.756. The average Bonchev–Trinajstić information content (AvgIpc) is 2.61. The molecule has 1 aliphatic rings. The zero-order chi connectivity index (χ0) is 12.6. The first kappa shape index (κ1) is 12.1. The van der Waals surface area contributed by atoms with Crippen molar-refractivity contribution in [1.29, 1.82) is 0 Å². The summed E-state index contributed by atoms with van der Waals surface area (Å²) in [6.45, 7) is 7.29. The predicted octanol–water partition coefficient (Wildman–Crippen LogP) is 2.38. The molecule has 0 saturated carbocycles. The SMILES string of the molecule is CC(C)(C)N1CCC(=O)C1c1ccc(N)cc1. The van der Waals surface area contributed by atoms with E-state index >= 15 is 0 Å². The van der Waals surface area contributed by atoms with Crippen LogP contribution in [0.15, 0.2) is 24.3 Å². The van der Waals surface area contributed by atoms with Gasteiger partial charge in [0.1, 0.15) is 0 Å². The van der Waals surface area contributed by atoms with E-state index in [4.69, 9.17) is 5.73 Å². The molecule has 1 unspecified atom stereocenters. The number of nitrogens with zero attached hydrogens (tertiary/aromatic N) is 1. The Kier molecular flexibility index (Phi) is 2.96. The van der Waals surface area contributed by atoms with Crippen molar-refractivity contribution in [3.63, 3.8) is 0 Å². The second-order valence-corrected chi connectivity index (χ2v) is 5.65. The first-order valence-corrected chi connectivity index (χ1v) is 6.04. The van der Waals surface area contributed by atoms with Crippen LogP contribution in [0.2, 0.25) is 0 Å². The zero-order valence-corrected chi connectivity index (χ0v) is 10.7. The summed E-state index contributed by atoms with van der Waals surface area (Å²) in [7, 11) is 0. The normalized spacial score (nSPS) is 22.1. The lowest BCUT2D eigenvalue weighted by Gasteiger charge is -2.36. The van der Waals surface area contributed by atoms with Crippen LogP contribution in [0.4, 0.5) is 5.69 Å². The van der Waals surface area contributed by atoms with Crippen LogP contribution in [-0.2, 0) is 4.79 Å². The first-order chi connectivity index (χ1) is 7.89. The zero-order valence-electron chi connectivity index (χ0n) is 10.7. The number of carbonyl (C=O) groups is 1. The van der Waals surface area contributed by atoms with E-state index in [1.165, 1.54) is 0 Å². The fourth-order valence-electron chi connectivity index (χ4n) is 2.44. The van der Waals surface area contributed by atoms with E-state index in [0.29, 0.717) is 12.2 Å². The number of nitrogen functional groups attached to an aromatic ring is 1. The molecule has 2 N–H and O–H groups in total. The highest BCUT2D eigenvalue weighted by Gasteiger charge is 2.39. The maximum atomic E-state index is 12.0. The molecule has 1 aromatic carbocycles. The topological polar surface area (TPSA) is 46.3 Å². The molecule has 0 bridgehead atoms. The molecule has 0 aromatic heterocycles. The van der Waals surface area contributed by atoms with E-state index in [1.807, 2.05) is 24.3 Å². The van der Waals surface area contributed by atoms with Crippen molar-refractivity contribution in [2.75, 3.05) is 12.3 Å². The summed E-state index contributed by atoms with van der Waals surface area (Å²) < 4.78 is 0. The number of hydrogen-bond donors (Lipinski definition) is 1. The Labute approximate surface area is 103 Å². The van der Waals surface area contributed by atoms with Gasteiger partial charge in [0.15, 0.2) is 5.78 Å². The van der Waals surface area contributed by atoms with Crippen LogP contribution in [0, 0.1) is 0 Å². The molecule has 1 fully saturated rings. The number of rotatable bonds is 1. The first-order valence-electron chi connectivity index (χ1n) is 6.04. The maximum Gasteiger partial charge on any atom is 0.155 e. The summed E-state index contributed by atoms with van der Waals surface area (Å²) >= 11 is 0. The van der Waals surface area contributed by atoms with Gasteiger partial charge in [-0.25, -0.2) is 0 Å². The van der Waals surface area contributed by atoms with Gasteiger partial charge in [-0.15, -0.1) is 0 Å². The van der Waals surface area contributed by atoms with E-state index in [1.54, 1.807) is 0 Å². The molecule has 3 nitrogen and oxygen atoms in total. The van der Waals surface area contributed by atoms with E-state index < -0.39 is 0 Å². The third-order valence-electron chi connectivity index (χ3n) is 3.33. The van der Waals surface area contributed by atoms with Crippen molar-refractivity contribution in [2.45, 2.75) is 38.8 Å². The van der Waals surface area contributed by atoms with Crippen LogP contribution in [0.1, 0.15) is 38.8 Å². The molecule has 0 amide bonds. The smallest absolute Gasteiger partial charge is 0.155 e. The molecule has 1 aromatic rings. The minimum absolute atomic E-state index is 0.0121. The third kappa shape index (κ3) is 2.34. The fourth-order valence-corrected chi connectivity index (χ4v) is 2.44. The standard InChI is InChI=1S/C14H20N2O/c1-14(2,3)16-9-8-12(17)13(16)10-4-6-11(15)7-5-10/h4-7,13H,8-9,15H2,1-3H3. The van der Waals surface area contributed by atoms with Gasteiger partial charge in [0.25, 0.3) is 0 Å². The Balaban J connectivity index is 2.34. The molecule has 1 aliphatic heterocycles. The van der Waals surface area contributed by atoms with Crippen LogP contribution in [0.5, 0.6) is 0 Å². The Bertz CT molecular complexity index is 417. The largest absolute Gasteiger partial charge is 0.399 e. The molecule has 17 heavy (non-hydrogen) atoms. The minimum Gasteiger partial charge on any atom is -0.399 e. The van der Waals surface area contributed by atoms with Gasteiger partial charge in [0, 0.05) is 24.2 Å². The van der Waals surface area contributed by atoms with E-state index in [0.717, 1.165) is 17.8 Å². The molecule has 92 valence electrons. The number of Topliss-reactive ketones (excluding diaryl/α,β-unsaturated/α-hetero) is 1. The Morgan fingerprint density at radius 1 is 1.24 bits per heavy atom. The molecule has 0 aliphatic carbocycles. The Morgan fingerprint density at radius 2 is 1.82 bits per heavy atom. The van der Waals surface area contributed by atoms with Gasteiger partial charge in [-0.05, 0) is 38.5 Å². The molecule has 1 saturated heterocycles. The van der Waals surface area contributed by atoms with Gasteiger partial charge in [0.05, 0.1) is 6.04 Å². The van der Waals surface area contributed by atoms with Crippen LogP contribution >= 0.6 is 0 Å². The number of hydrogen-bond acceptors (Lipinski definition) is 3. The van der Waals surface area contributed by atoms with Crippen molar-refractivity contribution < 1.29 is 4.79 Å². The van der Waals surface area contributed by atoms with Gasteiger partial charge in [-0.3, -0.25) is 9.69 Å². The molecule has 3 heteroatoms. The van der Waals surface area contributed by atoms with Gasteiger partial charge < -0.3 is 5.73 Å². The summed E-state index contributed by atoms with van der Waals surface area (Å²) in [5, 5.41) is 0. The number of anilines is 1. The Hall–Kier alpha value is -1.35. The summed E-state index contributed by atoms with van der Waals surface area (Å²) in [5.41, 5.74) is 7.48. The number of carbonyl (C=O) groups excluding carboxylic acids is 1. The number of ketones is 1. The highest BCUT2D eigenvalue weighted by atomic mass is 16.1. The van der Waals surface area contributed by atoms with Crippen LogP contribution in [0.25, 0.3) is 0 Å². The van der Waals surface area contributed by atoms with E-state index in [-0.39, 0.29) is 11.6 Å². The molecule has 2 rings (SSSR count). The average molecular weight is 232 g/mol. The van der Waals surface area contributed by atoms with E-state index in [2.05, 4.69) is 25.7 Å². The predicted molar refractivity (Wildman–Crippen MR) is 69.7 cm³/mol.